The highest BCUT2D eigenvalue weighted by molar-refractivity contribution is 7.99. The van der Waals surface area contributed by atoms with Crippen LogP contribution in [0.25, 0.3) is 20.3 Å². The number of nitrogens with one attached hydrogen (secondary N) is 2. The summed E-state index contributed by atoms with van der Waals surface area (Å²) in [5.41, 5.74) is 1.54. The molecule has 0 atom stereocenters. The summed E-state index contributed by atoms with van der Waals surface area (Å²) in [7, 11) is 0. The maximum absolute atomic E-state index is 13.5. The van der Waals surface area contributed by atoms with Crippen LogP contribution in [0.5, 0.6) is 0 Å². The van der Waals surface area contributed by atoms with E-state index < -0.39 is 0 Å². The van der Waals surface area contributed by atoms with Gasteiger partial charge in [0.2, 0.25) is 5.91 Å². The van der Waals surface area contributed by atoms with Crippen molar-refractivity contribution in [3.63, 3.8) is 0 Å². The molecule has 11 heteroatoms. The molecule has 1 aromatic carbocycles. The minimum Gasteiger partial charge on any atom is -0.379 e. The molecule has 1 aliphatic rings. The molecule has 0 bridgehead atoms. The molecule has 178 valence electrons. The van der Waals surface area contributed by atoms with Gasteiger partial charge in [0.25, 0.3) is 5.56 Å². The van der Waals surface area contributed by atoms with Gasteiger partial charge in [-0.25, -0.2) is 4.98 Å². The van der Waals surface area contributed by atoms with Gasteiger partial charge in [-0.2, -0.15) is 5.10 Å². The lowest BCUT2D eigenvalue weighted by Crippen LogP contribution is -2.37. The molecule has 1 saturated heterocycles. The standard InChI is InChI=1S/C23H26N6O3S2/c1-15-13-18(27-26-15)24-19(30)14-33-23-25-20-16-5-2-3-6-17(16)34-21(20)22(31)29(23)8-4-7-28-9-11-32-12-10-28/h2-3,5-6,13H,4,7-12,14H2,1H3,(H2,24,26,27,30). The Morgan fingerprint density at radius 2 is 2.09 bits per heavy atom. The van der Waals surface area contributed by atoms with E-state index in [0.29, 0.717) is 27.7 Å². The Balaban J connectivity index is 1.39. The molecule has 4 heterocycles. The van der Waals surface area contributed by atoms with Gasteiger partial charge in [0, 0.05) is 48.0 Å². The van der Waals surface area contributed by atoms with E-state index in [1.807, 2.05) is 31.2 Å². The normalized spacial score (nSPS) is 14.7. The third-order valence-corrected chi connectivity index (χ3v) is 7.84. The molecule has 34 heavy (non-hydrogen) atoms. The number of carbonyl (C=O) groups is 1. The van der Waals surface area contributed by atoms with Crippen molar-refractivity contribution in [1.29, 1.82) is 0 Å². The summed E-state index contributed by atoms with van der Waals surface area (Å²) in [4.78, 5) is 33.3. The van der Waals surface area contributed by atoms with Crippen LogP contribution in [0.1, 0.15) is 12.1 Å². The van der Waals surface area contributed by atoms with Crippen LogP contribution in [0.2, 0.25) is 0 Å². The van der Waals surface area contributed by atoms with Crippen molar-refractivity contribution in [3.05, 3.63) is 46.4 Å². The predicted molar refractivity (Wildman–Crippen MR) is 136 cm³/mol. The first kappa shape index (κ1) is 23.0. The number of anilines is 1. The van der Waals surface area contributed by atoms with Gasteiger partial charge in [-0.1, -0.05) is 30.0 Å². The molecule has 5 rings (SSSR count). The van der Waals surface area contributed by atoms with Crippen LogP contribution in [-0.2, 0) is 16.1 Å². The smallest absolute Gasteiger partial charge is 0.272 e. The molecule has 1 fully saturated rings. The van der Waals surface area contributed by atoms with Crippen LogP contribution in [0.4, 0.5) is 5.82 Å². The molecule has 0 radical (unpaired) electrons. The second kappa shape index (κ2) is 10.3. The van der Waals surface area contributed by atoms with Crippen LogP contribution >= 0.6 is 23.1 Å². The number of nitrogens with zero attached hydrogens (tertiary/aromatic N) is 4. The lowest BCUT2D eigenvalue weighted by atomic mass is 10.2. The number of aryl methyl sites for hydroxylation is 1. The third kappa shape index (κ3) is 5.02. The zero-order chi connectivity index (χ0) is 23.5. The highest BCUT2D eigenvalue weighted by Crippen LogP contribution is 2.31. The van der Waals surface area contributed by atoms with Crippen molar-refractivity contribution in [3.8, 4) is 0 Å². The SMILES string of the molecule is Cc1cc(NC(=O)CSc2nc3c(sc4ccccc43)c(=O)n2CCCN2CCOCC2)n[nH]1. The Hall–Kier alpha value is -2.73. The van der Waals surface area contributed by atoms with E-state index in [-0.39, 0.29) is 17.2 Å². The Morgan fingerprint density at radius 1 is 1.26 bits per heavy atom. The van der Waals surface area contributed by atoms with Crippen LogP contribution in [-0.4, -0.2) is 69.2 Å². The number of benzene rings is 1. The molecule has 1 aliphatic heterocycles. The summed E-state index contributed by atoms with van der Waals surface area (Å²) < 4.78 is 8.85. The predicted octanol–water partition coefficient (Wildman–Crippen LogP) is 3.10. The molecule has 9 nitrogen and oxygen atoms in total. The minimum absolute atomic E-state index is 0.0426. The van der Waals surface area contributed by atoms with E-state index in [2.05, 4.69) is 20.4 Å². The molecular formula is C23H26N6O3S2. The van der Waals surface area contributed by atoms with Crippen LogP contribution in [0.3, 0.4) is 0 Å². The van der Waals surface area contributed by atoms with Crippen molar-refractivity contribution >= 4 is 55.1 Å². The first-order chi connectivity index (χ1) is 16.6. The number of ether oxygens (including phenoxy) is 1. The maximum Gasteiger partial charge on any atom is 0.272 e. The number of aromatic nitrogens is 4. The van der Waals surface area contributed by atoms with E-state index in [1.54, 1.807) is 10.6 Å². The van der Waals surface area contributed by atoms with Gasteiger partial charge in [0.05, 0.1) is 24.5 Å². The number of morpholine rings is 1. The second-order valence-electron chi connectivity index (χ2n) is 8.21. The van der Waals surface area contributed by atoms with Crippen LogP contribution in [0.15, 0.2) is 40.3 Å². The van der Waals surface area contributed by atoms with Crippen LogP contribution < -0.4 is 10.9 Å². The highest BCUT2D eigenvalue weighted by atomic mass is 32.2. The molecule has 0 aliphatic carbocycles. The molecule has 1 amide bonds. The van der Waals surface area contributed by atoms with Crippen molar-refractivity contribution < 1.29 is 9.53 Å². The number of hydrogen-bond acceptors (Lipinski definition) is 8. The Morgan fingerprint density at radius 3 is 2.88 bits per heavy atom. The summed E-state index contributed by atoms with van der Waals surface area (Å²) in [5.74, 6) is 0.425. The number of H-pyrrole nitrogens is 1. The number of aromatic amines is 1. The molecule has 0 saturated carbocycles. The monoisotopic (exact) mass is 498 g/mol. The molecular weight excluding hydrogens is 472 g/mol. The van der Waals surface area contributed by atoms with Crippen molar-refractivity contribution in [2.45, 2.75) is 25.0 Å². The third-order valence-electron chi connectivity index (χ3n) is 5.71. The first-order valence-electron chi connectivity index (χ1n) is 11.3. The van der Waals surface area contributed by atoms with Gasteiger partial charge in [-0.05, 0) is 19.4 Å². The minimum atomic E-state index is -0.194. The van der Waals surface area contributed by atoms with Gasteiger partial charge >= 0.3 is 0 Å². The van der Waals surface area contributed by atoms with Crippen molar-refractivity contribution in [2.24, 2.45) is 0 Å². The lowest BCUT2D eigenvalue weighted by molar-refractivity contribution is -0.113. The van der Waals surface area contributed by atoms with Crippen LogP contribution in [0, 0.1) is 6.92 Å². The first-order valence-corrected chi connectivity index (χ1v) is 13.1. The summed E-state index contributed by atoms with van der Waals surface area (Å²) in [6, 6.07) is 9.69. The van der Waals surface area contributed by atoms with E-state index in [9.17, 15) is 9.59 Å². The zero-order valence-electron chi connectivity index (χ0n) is 18.9. The number of hydrogen-bond donors (Lipinski definition) is 2. The zero-order valence-corrected chi connectivity index (χ0v) is 20.5. The van der Waals surface area contributed by atoms with Gasteiger partial charge < -0.3 is 10.1 Å². The average molecular weight is 499 g/mol. The maximum atomic E-state index is 13.5. The lowest BCUT2D eigenvalue weighted by Gasteiger charge is -2.26. The van der Waals surface area contributed by atoms with E-state index in [4.69, 9.17) is 9.72 Å². The largest absolute Gasteiger partial charge is 0.379 e. The number of thioether (sulfide) groups is 1. The fourth-order valence-corrected chi connectivity index (χ4v) is 5.94. The molecule has 0 spiro atoms. The topological polar surface area (TPSA) is 105 Å². The van der Waals surface area contributed by atoms with Gasteiger partial charge in [0.1, 0.15) is 4.70 Å². The Kier molecular flexibility index (Phi) is 6.95. The fraction of sp³-hybridized carbons (Fsp3) is 0.391. The number of rotatable bonds is 8. The summed E-state index contributed by atoms with van der Waals surface area (Å²) in [6.07, 6.45) is 0.824. The fourth-order valence-electron chi connectivity index (χ4n) is 4.03. The number of fused-ring (bicyclic) bond motifs is 3. The summed E-state index contributed by atoms with van der Waals surface area (Å²) >= 11 is 2.76. The molecule has 3 aromatic heterocycles. The van der Waals surface area contributed by atoms with Gasteiger partial charge in [0.15, 0.2) is 11.0 Å². The Labute approximate surface area is 204 Å². The highest BCUT2D eigenvalue weighted by Gasteiger charge is 2.18. The van der Waals surface area contributed by atoms with Gasteiger partial charge in [-0.3, -0.25) is 24.2 Å². The quantitative estimate of drug-likeness (QED) is 0.284. The van der Waals surface area contributed by atoms with Crippen molar-refractivity contribution in [1.82, 2.24) is 24.6 Å². The number of carbonyl (C=O) groups excluding carboxylic acids is 1. The van der Waals surface area contributed by atoms with E-state index in [0.717, 1.165) is 55.0 Å². The molecule has 0 unspecified atom stereocenters. The number of amides is 1. The van der Waals surface area contributed by atoms with E-state index >= 15 is 0 Å². The van der Waals surface area contributed by atoms with E-state index in [1.165, 1.54) is 23.1 Å². The molecule has 2 N–H and O–H groups in total. The van der Waals surface area contributed by atoms with Crippen molar-refractivity contribution in [2.75, 3.05) is 43.9 Å². The second-order valence-corrected chi connectivity index (χ2v) is 10.2. The van der Waals surface area contributed by atoms with Gasteiger partial charge in [-0.15, -0.1) is 11.3 Å². The summed E-state index contributed by atoms with van der Waals surface area (Å²) in [5, 5.41) is 11.2. The number of thiophene rings is 1. The Bertz CT molecular complexity index is 1370. The average Bonchev–Trinajstić information content (AvgIpc) is 3.43. The summed E-state index contributed by atoms with van der Waals surface area (Å²) in [6.45, 7) is 6.65. The molecule has 4 aromatic rings.